The number of pyridine rings is 1. The van der Waals surface area contributed by atoms with E-state index in [1.165, 1.54) is 11.8 Å². The molecule has 0 fully saturated rings. The summed E-state index contributed by atoms with van der Waals surface area (Å²) in [6.45, 7) is 3.96. The number of halogens is 1. The van der Waals surface area contributed by atoms with Crippen molar-refractivity contribution in [3.05, 3.63) is 83.0 Å². The smallest absolute Gasteiger partial charge is 0.234 e. The summed E-state index contributed by atoms with van der Waals surface area (Å²) in [6.07, 6.45) is 1.72. The van der Waals surface area contributed by atoms with Gasteiger partial charge in [-0.05, 0) is 55.8 Å². The Balaban J connectivity index is 1.59. The quantitative estimate of drug-likeness (QED) is 0.403. The second-order valence-corrected chi connectivity index (χ2v) is 8.37. The lowest BCUT2D eigenvalue weighted by atomic mass is 10.2. The molecule has 0 spiro atoms. The third-order valence-electron chi connectivity index (χ3n) is 4.63. The number of aromatic nitrogens is 4. The maximum absolute atomic E-state index is 12.6. The average Bonchev–Trinajstić information content (AvgIpc) is 3.20. The Morgan fingerprint density at radius 2 is 1.87 bits per heavy atom. The van der Waals surface area contributed by atoms with Crippen LogP contribution in [-0.4, -0.2) is 31.4 Å². The van der Waals surface area contributed by atoms with E-state index in [9.17, 15) is 4.79 Å². The fourth-order valence-corrected chi connectivity index (χ4v) is 3.92. The van der Waals surface area contributed by atoms with Gasteiger partial charge in [-0.2, -0.15) is 0 Å². The van der Waals surface area contributed by atoms with Crippen LogP contribution in [0.25, 0.3) is 17.2 Å². The standard InChI is InChI=1S/C23H20ClN5OS/c1-15-6-10-18(11-7-15)29-22(19-5-3-4-12-25-19)27-28-23(29)31-14-21(30)26-20-13-17(24)9-8-16(20)2/h3-13H,14H2,1-2H3,(H,26,30). The number of thioether (sulfide) groups is 1. The molecule has 2 aromatic heterocycles. The molecule has 2 heterocycles. The first-order valence-corrected chi connectivity index (χ1v) is 11.0. The van der Waals surface area contributed by atoms with Crippen molar-refractivity contribution < 1.29 is 4.79 Å². The van der Waals surface area contributed by atoms with Crippen molar-refractivity contribution in [1.29, 1.82) is 0 Å². The summed E-state index contributed by atoms with van der Waals surface area (Å²) in [6, 6.07) is 19.1. The minimum absolute atomic E-state index is 0.145. The van der Waals surface area contributed by atoms with Gasteiger partial charge in [-0.25, -0.2) is 0 Å². The second kappa shape index (κ2) is 9.32. The molecule has 4 aromatic rings. The van der Waals surface area contributed by atoms with Crippen LogP contribution in [-0.2, 0) is 4.79 Å². The van der Waals surface area contributed by atoms with Crippen LogP contribution in [0, 0.1) is 13.8 Å². The lowest BCUT2D eigenvalue weighted by Crippen LogP contribution is -2.15. The van der Waals surface area contributed by atoms with Crippen molar-refractivity contribution in [3.8, 4) is 17.2 Å². The Morgan fingerprint density at radius 1 is 1.06 bits per heavy atom. The number of nitrogens with one attached hydrogen (secondary N) is 1. The summed E-state index contributed by atoms with van der Waals surface area (Å²) in [4.78, 5) is 17.0. The molecule has 4 rings (SSSR count). The minimum atomic E-state index is -0.145. The van der Waals surface area contributed by atoms with Crippen molar-refractivity contribution in [2.24, 2.45) is 0 Å². The van der Waals surface area contributed by atoms with Gasteiger partial charge in [0.25, 0.3) is 0 Å². The van der Waals surface area contributed by atoms with E-state index in [1.807, 2.05) is 66.9 Å². The molecule has 0 radical (unpaired) electrons. The lowest BCUT2D eigenvalue weighted by Gasteiger charge is -2.11. The van der Waals surface area contributed by atoms with Gasteiger partial charge in [0.1, 0.15) is 5.69 Å². The molecule has 0 saturated carbocycles. The highest BCUT2D eigenvalue weighted by Crippen LogP contribution is 2.27. The number of carbonyl (C=O) groups excluding carboxylic acids is 1. The molecule has 1 N–H and O–H groups in total. The SMILES string of the molecule is Cc1ccc(-n2c(SCC(=O)Nc3cc(Cl)ccc3C)nnc2-c2ccccn2)cc1. The largest absolute Gasteiger partial charge is 0.325 e. The highest BCUT2D eigenvalue weighted by atomic mass is 35.5. The first-order chi connectivity index (χ1) is 15.0. The van der Waals surface area contributed by atoms with Crippen molar-refractivity contribution in [2.45, 2.75) is 19.0 Å². The molecular formula is C23H20ClN5OS. The Kier molecular flexibility index (Phi) is 6.34. The summed E-state index contributed by atoms with van der Waals surface area (Å²) in [5, 5.41) is 12.8. The molecule has 2 aromatic carbocycles. The molecule has 0 aliphatic heterocycles. The third kappa shape index (κ3) is 4.95. The molecule has 156 valence electrons. The summed E-state index contributed by atoms with van der Waals surface area (Å²) < 4.78 is 1.92. The van der Waals surface area contributed by atoms with E-state index in [2.05, 4.69) is 20.5 Å². The van der Waals surface area contributed by atoms with Gasteiger partial charge in [0.2, 0.25) is 5.91 Å². The predicted molar refractivity (Wildman–Crippen MR) is 125 cm³/mol. The number of anilines is 1. The maximum Gasteiger partial charge on any atom is 0.234 e. The predicted octanol–water partition coefficient (Wildman–Crippen LogP) is 5.33. The zero-order valence-electron chi connectivity index (χ0n) is 17.0. The number of hydrogen-bond donors (Lipinski definition) is 1. The molecule has 0 atom stereocenters. The van der Waals surface area contributed by atoms with Crippen molar-refractivity contribution >= 4 is 35.0 Å². The first-order valence-electron chi connectivity index (χ1n) is 9.64. The fraction of sp³-hybridized carbons (Fsp3) is 0.130. The van der Waals surface area contributed by atoms with Crippen LogP contribution in [0.1, 0.15) is 11.1 Å². The van der Waals surface area contributed by atoms with Crippen LogP contribution in [0.5, 0.6) is 0 Å². The first kappa shape index (κ1) is 21.1. The summed E-state index contributed by atoms with van der Waals surface area (Å²) in [5.41, 5.74) is 4.42. The van der Waals surface area contributed by atoms with Gasteiger partial charge in [-0.1, -0.05) is 53.2 Å². The molecule has 0 saturated heterocycles. The fourth-order valence-electron chi connectivity index (χ4n) is 3.00. The number of amides is 1. The van der Waals surface area contributed by atoms with Crippen LogP contribution in [0.15, 0.2) is 72.0 Å². The van der Waals surface area contributed by atoms with E-state index in [-0.39, 0.29) is 11.7 Å². The Hall–Kier alpha value is -3.16. The molecule has 1 amide bonds. The van der Waals surface area contributed by atoms with Gasteiger partial charge in [-0.3, -0.25) is 14.3 Å². The topological polar surface area (TPSA) is 72.7 Å². The molecule has 0 bridgehead atoms. The van der Waals surface area contributed by atoms with E-state index in [4.69, 9.17) is 11.6 Å². The van der Waals surface area contributed by atoms with Crippen LogP contribution >= 0.6 is 23.4 Å². The molecule has 6 nitrogen and oxygen atoms in total. The summed E-state index contributed by atoms with van der Waals surface area (Å²) >= 11 is 7.37. The normalized spacial score (nSPS) is 10.8. The highest BCUT2D eigenvalue weighted by molar-refractivity contribution is 7.99. The molecule has 31 heavy (non-hydrogen) atoms. The maximum atomic E-state index is 12.6. The second-order valence-electron chi connectivity index (χ2n) is 6.99. The molecular weight excluding hydrogens is 430 g/mol. The molecule has 8 heteroatoms. The van der Waals surface area contributed by atoms with Gasteiger partial charge in [0, 0.05) is 22.6 Å². The van der Waals surface area contributed by atoms with E-state index in [0.29, 0.717) is 27.4 Å². The van der Waals surface area contributed by atoms with Gasteiger partial charge in [0.15, 0.2) is 11.0 Å². The number of aryl methyl sites for hydroxylation is 2. The van der Waals surface area contributed by atoms with E-state index in [0.717, 1.165) is 16.8 Å². The summed E-state index contributed by atoms with van der Waals surface area (Å²) in [7, 11) is 0. The van der Waals surface area contributed by atoms with E-state index in [1.54, 1.807) is 18.3 Å². The Bertz CT molecular complexity index is 1210. The van der Waals surface area contributed by atoms with E-state index >= 15 is 0 Å². The number of hydrogen-bond acceptors (Lipinski definition) is 5. The zero-order valence-corrected chi connectivity index (χ0v) is 18.6. The number of rotatable bonds is 6. The van der Waals surface area contributed by atoms with E-state index < -0.39 is 0 Å². The van der Waals surface area contributed by atoms with Crippen molar-refractivity contribution in [2.75, 3.05) is 11.1 Å². The monoisotopic (exact) mass is 449 g/mol. The van der Waals surface area contributed by atoms with Gasteiger partial charge < -0.3 is 5.32 Å². The number of nitrogens with zero attached hydrogens (tertiary/aromatic N) is 4. The van der Waals surface area contributed by atoms with Crippen LogP contribution < -0.4 is 5.32 Å². The van der Waals surface area contributed by atoms with Crippen molar-refractivity contribution in [3.63, 3.8) is 0 Å². The highest BCUT2D eigenvalue weighted by Gasteiger charge is 2.18. The Morgan fingerprint density at radius 3 is 2.61 bits per heavy atom. The third-order valence-corrected chi connectivity index (χ3v) is 5.79. The van der Waals surface area contributed by atoms with Gasteiger partial charge in [0.05, 0.1) is 5.75 Å². The van der Waals surface area contributed by atoms with Crippen LogP contribution in [0.2, 0.25) is 5.02 Å². The molecule has 0 aliphatic rings. The Labute approximate surface area is 189 Å². The number of benzene rings is 2. The van der Waals surface area contributed by atoms with Gasteiger partial charge >= 0.3 is 0 Å². The average molecular weight is 450 g/mol. The molecule has 0 aliphatic carbocycles. The van der Waals surface area contributed by atoms with Crippen molar-refractivity contribution in [1.82, 2.24) is 19.7 Å². The lowest BCUT2D eigenvalue weighted by molar-refractivity contribution is -0.113. The molecule has 0 unspecified atom stereocenters. The van der Waals surface area contributed by atoms with Crippen LogP contribution in [0.4, 0.5) is 5.69 Å². The minimum Gasteiger partial charge on any atom is -0.325 e. The van der Waals surface area contributed by atoms with Gasteiger partial charge in [-0.15, -0.1) is 10.2 Å². The number of carbonyl (C=O) groups is 1. The zero-order chi connectivity index (χ0) is 21.8. The van der Waals surface area contributed by atoms with Crippen LogP contribution in [0.3, 0.4) is 0 Å². The summed E-state index contributed by atoms with van der Waals surface area (Å²) in [5.74, 6) is 0.657.